The molecule has 1 aliphatic rings. The number of carbonyl (C=O) groups excluding carboxylic acids is 1. The van der Waals surface area contributed by atoms with Crippen LogP contribution in [-0.2, 0) is 30.6 Å². The maximum atomic E-state index is 13.6. The maximum absolute atomic E-state index is 13.6. The van der Waals surface area contributed by atoms with Crippen LogP contribution in [0, 0.1) is 0 Å². The lowest BCUT2D eigenvalue weighted by atomic mass is 10.2. The van der Waals surface area contributed by atoms with Crippen LogP contribution >= 0.6 is 11.8 Å². The monoisotopic (exact) mass is 607 g/mol. The number of nitrogens with zero attached hydrogens (tertiary/aromatic N) is 2. The molecule has 5 rings (SSSR count). The number of benzene rings is 4. The van der Waals surface area contributed by atoms with E-state index in [-0.39, 0.29) is 29.4 Å². The van der Waals surface area contributed by atoms with Crippen molar-refractivity contribution in [3.05, 3.63) is 121 Å². The van der Waals surface area contributed by atoms with Crippen LogP contribution in [0.15, 0.2) is 130 Å². The van der Waals surface area contributed by atoms with Gasteiger partial charge in [0, 0.05) is 36.0 Å². The van der Waals surface area contributed by atoms with E-state index in [9.17, 15) is 21.6 Å². The number of anilines is 1. The summed E-state index contributed by atoms with van der Waals surface area (Å²) in [6, 6.07) is 31.8. The van der Waals surface area contributed by atoms with Gasteiger partial charge in [0.1, 0.15) is 6.04 Å². The first-order valence-electron chi connectivity index (χ1n) is 12.9. The predicted octanol–water partition coefficient (Wildman–Crippen LogP) is 4.68. The lowest BCUT2D eigenvalue weighted by Gasteiger charge is -2.38. The molecule has 11 heteroatoms. The van der Waals surface area contributed by atoms with Gasteiger partial charge in [0.05, 0.1) is 9.79 Å². The molecule has 4 aromatic rings. The average molecular weight is 608 g/mol. The third kappa shape index (κ3) is 6.71. The molecule has 0 spiro atoms. The third-order valence-corrected chi connectivity index (χ3v) is 11.6. The molecule has 1 aliphatic heterocycles. The van der Waals surface area contributed by atoms with Gasteiger partial charge in [-0.1, -0.05) is 66.7 Å². The van der Waals surface area contributed by atoms with Gasteiger partial charge in [0.2, 0.25) is 26.0 Å². The van der Waals surface area contributed by atoms with E-state index >= 15 is 0 Å². The summed E-state index contributed by atoms with van der Waals surface area (Å²) < 4.78 is 56.2. The standard InChI is InChI=1S/C30H29N3O5S3/c34-30(31-25-18-16-24(17-19-25)23-39-26-10-4-1-5-11-26)29-22-32(40(35,36)27-12-6-2-7-13-27)20-21-33(29)41(37,38)28-14-8-3-9-15-28/h1-19,29H,20-23H2,(H,31,34)/t29-/m1/s1. The van der Waals surface area contributed by atoms with E-state index in [0.717, 1.165) is 20.5 Å². The Morgan fingerprint density at radius 1 is 0.707 bits per heavy atom. The van der Waals surface area contributed by atoms with Gasteiger partial charge in [-0.2, -0.15) is 8.61 Å². The van der Waals surface area contributed by atoms with Gasteiger partial charge in [-0.25, -0.2) is 16.8 Å². The summed E-state index contributed by atoms with van der Waals surface area (Å²) in [7, 11) is -8.01. The zero-order valence-electron chi connectivity index (χ0n) is 22.0. The Bertz CT molecular complexity index is 1690. The third-order valence-electron chi connectivity index (χ3n) is 6.70. The summed E-state index contributed by atoms with van der Waals surface area (Å²) in [5.74, 6) is 0.139. The number of hydrogen-bond acceptors (Lipinski definition) is 6. The van der Waals surface area contributed by atoms with Crippen molar-refractivity contribution in [2.24, 2.45) is 0 Å². The molecule has 1 fully saturated rings. The van der Waals surface area contributed by atoms with Crippen LogP contribution in [0.4, 0.5) is 5.69 Å². The van der Waals surface area contributed by atoms with Crippen LogP contribution in [0.25, 0.3) is 0 Å². The first-order valence-corrected chi connectivity index (χ1v) is 16.8. The van der Waals surface area contributed by atoms with Gasteiger partial charge in [0.15, 0.2) is 0 Å². The Labute approximate surface area is 245 Å². The van der Waals surface area contributed by atoms with Gasteiger partial charge in [-0.05, 0) is 54.1 Å². The average Bonchev–Trinajstić information content (AvgIpc) is 3.01. The highest BCUT2D eigenvalue weighted by Crippen LogP contribution is 2.27. The van der Waals surface area contributed by atoms with Crippen molar-refractivity contribution >= 4 is 43.4 Å². The summed E-state index contributed by atoms with van der Waals surface area (Å²) in [6.07, 6.45) is 0. The fourth-order valence-electron chi connectivity index (χ4n) is 4.52. The molecule has 8 nitrogen and oxygen atoms in total. The number of rotatable bonds is 9. The second-order valence-corrected chi connectivity index (χ2v) is 14.3. The second kappa shape index (κ2) is 12.6. The molecular weight excluding hydrogens is 579 g/mol. The molecule has 1 amide bonds. The van der Waals surface area contributed by atoms with Crippen LogP contribution < -0.4 is 5.32 Å². The number of carbonyl (C=O) groups is 1. The zero-order chi connectivity index (χ0) is 28.9. The smallest absolute Gasteiger partial charge is 0.244 e. The van der Waals surface area contributed by atoms with Crippen molar-refractivity contribution in [3.63, 3.8) is 0 Å². The molecule has 0 radical (unpaired) electrons. The Morgan fingerprint density at radius 3 is 1.83 bits per heavy atom. The van der Waals surface area contributed by atoms with Crippen LogP contribution in [0.2, 0.25) is 0 Å². The van der Waals surface area contributed by atoms with Crippen molar-refractivity contribution in [2.45, 2.75) is 26.5 Å². The van der Waals surface area contributed by atoms with E-state index in [2.05, 4.69) is 5.32 Å². The molecule has 1 N–H and O–H groups in total. The van der Waals surface area contributed by atoms with E-state index in [4.69, 9.17) is 0 Å². The lowest BCUT2D eigenvalue weighted by molar-refractivity contribution is -0.120. The molecule has 1 atom stereocenters. The van der Waals surface area contributed by atoms with Crippen molar-refractivity contribution in [3.8, 4) is 0 Å². The molecule has 0 unspecified atom stereocenters. The number of piperazine rings is 1. The topological polar surface area (TPSA) is 104 Å². The van der Waals surface area contributed by atoms with Crippen LogP contribution in [0.3, 0.4) is 0 Å². The fraction of sp³-hybridized carbons (Fsp3) is 0.167. The summed E-state index contributed by atoms with van der Waals surface area (Å²) in [4.78, 5) is 14.9. The fourth-order valence-corrected chi connectivity index (χ4v) is 8.45. The molecule has 0 bridgehead atoms. The Hall–Kier alpha value is -3.48. The number of amides is 1. The molecule has 0 aliphatic carbocycles. The van der Waals surface area contributed by atoms with E-state index in [0.29, 0.717) is 5.69 Å². The van der Waals surface area contributed by atoms with Gasteiger partial charge >= 0.3 is 0 Å². The zero-order valence-corrected chi connectivity index (χ0v) is 24.5. The minimum atomic E-state index is -4.07. The lowest BCUT2D eigenvalue weighted by Crippen LogP contribution is -2.60. The molecule has 41 heavy (non-hydrogen) atoms. The quantitative estimate of drug-likeness (QED) is 0.277. The molecule has 1 heterocycles. The minimum Gasteiger partial charge on any atom is -0.325 e. The molecular formula is C30H29N3O5S3. The van der Waals surface area contributed by atoms with Crippen molar-refractivity contribution in [1.82, 2.24) is 8.61 Å². The molecule has 0 aromatic heterocycles. The molecule has 0 saturated carbocycles. The SMILES string of the molecule is O=C(Nc1ccc(CSc2ccccc2)cc1)[C@H]1CN(S(=O)(=O)c2ccccc2)CCN1S(=O)(=O)c1ccccc1. The number of thioether (sulfide) groups is 1. The van der Waals surface area contributed by atoms with E-state index in [1.54, 1.807) is 60.3 Å². The first kappa shape index (κ1) is 29.0. The molecule has 212 valence electrons. The summed E-state index contributed by atoms with van der Waals surface area (Å²) in [6.45, 7) is -0.571. The first-order chi connectivity index (χ1) is 19.7. The molecule has 4 aromatic carbocycles. The van der Waals surface area contributed by atoms with Crippen molar-refractivity contribution in [1.29, 1.82) is 0 Å². The minimum absolute atomic E-state index is 0.0393. The second-order valence-electron chi connectivity index (χ2n) is 9.41. The van der Waals surface area contributed by atoms with E-state index in [1.807, 2.05) is 42.5 Å². The summed E-state index contributed by atoms with van der Waals surface area (Å²) in [5.41, 5.74) is 1.55. The van der Waals surface area contributed by atoms with Crippen LogP contribution in [0.1, 0.15) is 5.56 Å². The van der Waals surface area contributed by atoms with Gasteiger partial charge in [-0.15, -0.1) is 11.8 Å². The summed E-state index contributed by atoms with van der Waals surface area (Å²) in [5, 5.41) is 2.80. The van der Waals surface area contributed by atoms with E-state index in [1.165, 1.54) is 28.6 Å². The highest BCUT2D eigenvalue weighted by Gasteiger charge is 2.43. The Morgan fingerprint density at radius 2 is 1.24 bits per heavy atom. The molecule has 1 saturated heterocycles. The van der Waals surface area contributed by atoms with Crippen molar-refractivity contribution in [2.75, 3.05) is 25.0 Å². The van der Waals surface area contributed by atoms with Crippen LogP contribution in [-0.4, -0.2) is 57.0 Å². The number of nitrogens with one attached hydrogen (secondary N) is 1. The summed E-state index contributed by atoms with van der Waals surface area (Å²) >= 11 is 1.69. The Balaban J connectivity index is 1.37. The predicted molar refractivity (Wildman–Crippen MR) is 160 cm³/mol. The van der Waals surface area contributed by atoms with Gasteiger partial charge in [-0.3, -0.25) is 4.79 Å². The van der Waals surface area contributed by atoms with Gasteiger partial charge < -0.3 is 5.32 Å². The normalized spacial score (nSPS) is 16.7. The highest BCUT2D eigenvalue weighted by atomic mass is 32.2. The highest BCUT2D eigenvalue weighted by molar-refractivity contribution is 7.98. The largest absolute Gasteiger partial charge is 0.325 e. The Kier molecular flexibility index (Phi) is 8.91. The van der Waals surface area contributed by atoms with Crippen LogP contribution in [0.5, 0.6) is 0 Å². The van der Waals surface area contributed by atoms with Crippen molar-refractivity contribution < 1.29 is 21.6 Å². The maximum Gasteiger partial charge on any atom is 0.244 e. The van der Waals surface area contributed by atoms with E-state index < -0.39 is 32.0 Å². The number of sulfonamides is 2. The number of hydrogen-bond donors (Lipinski definition) is 1. The van der Waals surface area contributed by atoms with Gasteiger partial charge in [0.25, 0.3) is 0 Å².